The Hall–Kier alpha value is -2.80. The van der Waals surface area contributed by atoms with Gasteiger partial charge in [-0.2, -0.15) is 0 Å². The fraction of sp³-hybridized carbons (Fsp3) is 0.200. The number of ether oxygens (including phenoxy) is 2. The molecule has 0 unspecified atom stereocenters. The van der Waals surface area contributed by atoms with E-state index in [1.165, 1.54) is 7.05 Å². The highest BCUT2D eigenvalue weighted by molar-refractivity contribution is 9.10. The fourth-order valence-electron chi connectivity index (χ4n) is 2.71. The quantitative estimate of drug-likeness (QED) is 0.577. The Morgan fingerprint density at radius 1 is 1.22 bits per heavy atom. The molecular weight excluding hydrogens is 412 g/mol. The molecule has 140 valence electrons. The van der Waals surface area contributed by atoms with Crippen molar-refractivity contribution in [3.05, 3.63) is 63.3 Å². The number of rotatable bonds is 5. The van der Waals surface area contributed by atoms with Crippen molar-refractivity contribution in [2.24, 2.45) is 0 Å². The van der Waals surface area contributed by atoms with Crippen LogP contribution >= 0.6 is 15.9 Å². The van der Waals surface area contributed by atoms with E-state index in [-0.39, 0.29) is 11.6 Å². The number of carbonyl (C=O) groups is 2. The molecular formula is C20H19BrN2O4. The van der Waals surface area contributed by atoms with Crippen LogP contribution in [0.25, 0.3) is 6.08 Å². The van der Waals surface area contributed by atoms with Crippen LogP contribution in [0.2, 0.25) is 0 Å². The number of nitrogens with zero attached hydrogens (tertiary/aromatic N) is 1. The van der Waals surface area contributed by atoms with Crippen molar-refractivity contribution in [2.45, 2.75) is 13.5 Å². The molecule has 0 saturated carbocycles. The van der Waals surface area contributed by atoms with Crippen molar-refractivity contribution in [1.29, 1.82) is 0 Å². The van der Waals surface area contributed by atoms with Crippen LogP contribution in [0.3, 0.4) is 0 Å². The maximum absolute atomic E-state index is 12.0. The number of amides is 3. The molecule has 0 atom stereocenters. The van der Waals surface area contributed by atoms with E-state index >= 15 is 0 Å². The van der Waals surface area contributed by atoms with Crippen LogP contribution in [0.15, 0.2) is 46.6 Å². The first kappa shape index (κ1) is 19.0. The van der Waals surface area contributed by atoms with Crippen molar-refractivity contribution >= 4 is 33.9 Å². The average Bonchev–Trinajstić information content (AvgIpc) is 2.87. The second-order valence-corrected chi connectivity index (χ2v) is 7.02. The lowest BCUT2D eigenvalue weighted by atomic mass is 10.1. The zero-order chi connectivity index (χ0) is 19.6. The molecule has 1 N–H and O–H groups in total. The number of carbonyl (C=O) groups excluding carboxylic acids is 2. The third kappa shape index (κ3) is 4.14. The van der Waals surface area contributed by atoms with Crippen LogP contribution in [0.1, 0.15) is 16.7 Å². The van der Waals surface area contributed by atoms with Crippen LogP contribution in [0, 0.1) is 6.92 Å². The van der Waals surface area contributed by atoms with Gasteiger partial charge in [-0.25, -0.2) is 4.79 Å². The Morgan fingerprint density at radius 2 is 2.00 bits per heavy atom. The minimum atomic E-state index is -0.449. The standard InChI is InChI=1S/C20H19BrN2O4/c1-12-5-4-6-13(7-12)11-27-18-15(21)8-14(10-17(18)26-3)9-16-19(24)23(2)20(25)22-16/h4-10H,11H2,1-3H3,(H,22,25)/b16-9+. The summed E-state index contributed by atoms with van der Waals surface area (Å²) in [5, 5.41) is 2.54. The molecule has 0 radical (unpaired) electrons. The summed E-state index contributed by atoms with van der Waals surface area (Å²) in [6.07, 6.45) is 1.60. The van der Waals surface area contributed by atoms with E-state index in [9.17, 15) is 9.59 Å². The second-order valence-electron chi connectivity index (χ2n) is 6.16. The van der Waals surface area contributed by atoms with Gasteiger partial charge in [0.15, 0.2) is 11.5 Å². The summed E-state index contributed by atoms with van der Waals surface area (Å²) in [6, 6.07) is 11.2. The molecule has 2 aromatic rings. The first-order chi connectivity index (χ1) is 12.9. The molecule has 1 aliphatic heterocycles. The van der Waals surface area contributed by atoms with Gasteiger partial charge in [0.2, 0.25) is 0 Å². The van der Waals surface area contributed by atoms with Crippen molar-refractivity contribution in [3.8, 4) is 11.5 Å². The van der Waals surface area contributed by atoms with Gasteiger partial charge in [-0.05, 0) is 52.2 Å². The molecule has 7 heteroatoms. The summed E-state index contributed by atoms with van der Waals surface area (Å²) >= 11 is 3.50. The maximum atomic E-state index is 12.0. The Labute approximate surface area is 165 Å². The van der Waals surface area contributed by atoms with E-state index in [0.29, 0.717) is 28.1 Å². The van der Waals surface area contributed by atoms with Crippen LogP contribution in [-0.4, -0.2) is 31.0 Å². The lowest BCUT2D eigenvalue weighted by Crippen LogP contribution is -2.25. The minimum absolute atomic E-state index is 0.213. The fourth-order valence-corrected chi connectivity index (χ4v) is 3.28. The highest BCUT2D eigenvalue weighted by Crippen LogP contribution is 2.38. The molecule has 0 aliphatic carbocycles. The number of hydrogen-bond donors (Lipinski definition) is 1. The van der Waals surface area contributed by atoms with Crippen molar-refractivity contribution in [2.75, 3.05) is 14.2 Å². The van der Waals surface area contributed by atoms with E-state index in [4.69, 9.17) is 9.47 Å². The van der Waals surface area contributed by atoms with Crippen LogP contribution < -0.4 is 14.8 Å². The molecule has 0 bridgehead atoms. The number of hydrogen-bond acceptors (Lipinski definition) is 4. The SMILES string of the molecule is COc1cc(/C=C2/NC(=O)N(C)C2=O)cc(Br)c1OCc1cccc(C)c1. The van der Waals surface area contributed by atoms with Crippen LogP contribution in [0.4, 0.5) is 4.79 Å². The molecule has 27 heavy (non-hydrogen) atoms. The van der Waals surface area contributed by atoms with E-state index < -0.39 is 6.03 Å². The van der Waals surface area contributed by atoms with Crippen molar-refractivity contribution in [3.63, 3.8) is 0 Å². The van der Waals surface area contributed by atoms with Gasteiger partial charge in [0.1, 0.15) is 12.3 Å². The number of benzene rings is 2. The van der Waals surface area contributed by atoms with Crippen LogP contribution in [0.5, 0.6) is 11.5 Å². The first-order valence-electron chi connectivity index (χ1n) is 8.25. The Kier molecular flexibility index (Phi) is 5.51. The molecule has 3 rings (SSSR count). The molecule has 1 aliphatic rings. The lowest BCUT2D eigenvalue weighted by Gasteiger charge is -2.14. The van der Waals surface area contributed by atoms with Gasteiger partial charge < -0.3 is 14.8 Å². The summed E-state index contributed by atoms with van der Waals surface area (Å²) < 4.78 is 12.1. The van der Waals surface area contributed by atoms with Gasteiger partial charge in [-0.1, -0.05) is 29.8 Å². The predicted molar refractivity (Wildman–Crippen MR) is 105 cm³/mol. The van der Waals surface area contributed by atoms with Gasteiger partial charge >= 0.3 is 6.03 Å². The Morgan fingerprint density at radius 3 is 2.63 bits per heavy atom. The van der Waals surface area contributed by atoms with Crippen LogP contribution in [-0.2, 0) is 11.4 Å². The number of imide groups is 1. The highest BCUT2D eigenvalue weighted by Gasteiger charge is 2.30. The summed E-state index contributed by atoms with van der Waals surface area (Å²) in [7, 11) is 2.98. The number of likely N-dealkylation sites (N-methyl/N-ethyl adjacent to an activating group) is 1. The molecule has 0 spiro atoms. The normalized spacial score (nSPS) is 15.3. The van der Waals surface area contributed by atoms with Crippen molar-refractivity contribution < 1.29 is 19.1 Å². The third-order valence-corrected chi connectivity index (χ3v) is 4.70. The summed E-state index contributed by atoms with van der Waals surface area (Å²) in [4.78, 5) is 24.6. The summed E-state index contributed by atoms with van der Waals surface area (Å²) in [5.41, 5.74) is 3.13. The number of nitrogens with one attached hydrogen (secondary N) is 1. The molecule has 1 heterocycles. The van der Waals surface area contributed by atoms with E-state index in [0.717, 1.165) is 16.0 Å². The summed E-state index contributed by atoms with van der Waals surface area (Å²) in [5.74, 6) is 0.712. The lowest BCUT2D eigenvalue weighted by molar-refractivity contribution is -0.121. The molecule has 1 saturated heterocycles. The number of aryl methyl sites for hydroxylation is 1. The van der Waals surface area contributed by atoms with Gasteiger partial charge in [-0.15, -0.1) is 0 Å². The Bertz CT molecular complexity index is 940. The summed E-state index contributed by atoms with van der Waals surface area (Å²) in [6.45, 7) is 2.43. The van der Waals surface area contributed by atoms with Gasteiger partial charge in [0.05, 0.1) is 11.6 Å². The van der Waals surface area contributed by atoms with Gasteiger partial charge in [0, 0.05) is 7.05 Å². The number of halogens is 1. The molecule has 6 nitrogen and oxygen atoms in total. The molecule has 1 fully saturated rings. The third-order valence-electron chi connectivity index (χ3n) is 4.11. The second kappa shape index (κ2) is 7.84. The topological polar surface area (TPSA) is 67.9 Å². The Balaban J connectivity index is 1.85. The highest BCUT2D eigenvalue weighted by atomic mass is 79.9. The zero-order valence-corrected chi connectivity index (χ0v) is 16.8. The monoisotopic (exact) mass is 430 g/mol. The van der Waals surface area contributed by atoms with E-state index in [1.54, 1.807) is 25.3 Å². The van der Waals surface area contributed by atoms with Gasteiger partial charge in [-0.3, -0.25) is 9.69 Å². The molecule has 0 aromatic heterocycles. The average molecular weight is 431 g/mol. The molecule has 3 amide bonds. The predicted octanol–water partition coefficient (Wildman–Crippen LogP) is 3.87. The minimum Gasteiger partial charge on any atom is -0.493 e. The van der Waals surface area contributed by atoms with E-state index in [1.807, 2.05) is 25.1 Å². The molecule has 2 aromatic carbocycles. The number of methoxy groups -OCH3 is 1. The van der Waals surface area contributed by atoms with E-state index in [2.05, 4.69) is 27.3 Å². The zero-order valence-electron chi connectivity index (χ0n) is 15.2. The van der Waals surface area contributed by atoms with Gasteiger partial charge in [0.25, 0.3) is 5.91 Å². The largest absolute Gasteiger partial charge is 0.493 e. The number of urea groups is 1. The smallest absolute Gasteiger partial charge is 0.328 e. The maximum Gasteiger partial charge on any atom is 0.328 e. The first-order valence-corrected chi connectivity index (χ1v) is 9.05. The van der Waals surface area contributed by atoms with Crippen molar-refractivity contribution in [1.82, 2.24) is 10.2 Å².